The van der Waals surface area contributed by atoms with Crippen LogP contribution in [0.4, 0.5) is 5.69 Å². The van der Waals surface area contributed by atoms with Gasteiger partial charge in [0.15, 0.2) is 11.5 Å². The molecule has 1 aliphatic carbocycles. The van der Waals surface area contributed by atoms with E-state index in [1.165, 1.54) is 12.8 Å². The molecule has 0 spiro atoms. The number of amides is 2. The number of nitrogens with zero attached hydrogens (tertiary/aromatic N) is 2. The van der Waals surface area contributed by atoms with Crippen molar-refractivity contribution in [2.24, 2.45) is 11.8 Å². The Hall–Kier alpha value is -2.28. The van der Waals surface area contributed by atoms with E-state index in [1.807, 2.05) is 30.0 Å². The van der Waals surface area contributed by atoms with Crippen molar-refractivity contribution < 1.29 is 19.1 Å². The summed E-state index contributed by atoms with van der Waals surface area (Å²) in [5.74, 6) is 2.10. The fraction of sp³-hybridized carbons (Fsp3) is 0.652. The zero-order valence-electron chi connectivity index (χ0n) is 18.1. The fourth-order valence-corrected chi connectivity index (χ4v) is 4.85. The van der Waals surface area contributed by atoms with E-state index in [9.17, 15) is 9.59 Å². The first kappa shape index (κ1) is 21.0. The van der Waals surface area contributed by atoms with Crippen LogP contribution in [0.25, 0.3) is 0 Å². The number of rotatable bonds is 6. The van der Waals surface area contributed by atoms with Crippen LogP contribution in [0.15, 0.2) is 18.2 Å². The van der Waals surface area contributed by atoms with Crippen LogP contribution in [0, 0.1) is 11.8 Å². The molecule has 7 heteroatoms. The van der Waals surface area contributed by atoms with Crippen molar-refractivity contribution in [3.8, 4) is 11.5 Å². The normalized spacial score (nSPS) is 21.5. The first-order valence-electron chi connectivity index (χ1n) is 11.3. The maximum absolute atomic E-state index is 13.4. The predicted octanol–water partition coefficient (Wildman–Crippen LogP) is 3.10. The van der Waals surface area contributed by atoms with Gasteiger partial charge in [-0.3, -0.25) is 14.5 Å². The third kappa shape index (κ3) is 4.41. The van der Waals surface area contributed by atoms with Gasteiger partial charge in [-0.1, -0.05) is 26.7 Å². The van der Waals surface area contributed by atoms with Crippen molar-refractivity contribution in [3.05, 3.63) is 18.2 Å². The number of nitrogens with one attached hydrogen (secondary N) is 1. The number of benzene rings is 1. The maximum Gasteiger partial charge on any atom is 0.242 e. The molecule has 164 valence electrons. The van der Waals surface area contributed by atoms with E-state index in [1.54, 1.807) is 0 Å². The first-order chi connectivity index (χ1) is 14.6. The predicted molar refractivity (Wildman–Crippen MR) is 115 cm³/mol. The summed E-state index contributed by atoms with van der Waals surface area (Å²) in [7, 11) is 0. The van der Waals surface area contributed by atoms with Crippen molar-refractivity contribution in [3.63, 3.8) is 0 Å². The van der Waals surface area contributed by atoms with Crippen LogP contribution >= 0.6 is 0 Å². The number of hydrogen-bond acceptors (Lipinski definition) is 5. The summed E-state index contributed by atoms with van der Waals surface area (Å²) in [6.45, 7) is 7.16. The van der Waals surface area contributed by atoms with Gasteiger partial charge >= 0.3 is 0 Å². The average molecular weight is 416 g/mol. The number of ether oxygens (including phenoxy) is 2. The van der Waals surface area contributed by atoms with Crippen molar-refractivity contribution in [1.82, 2.24) is 9.80 Å². The monoisotopic (exact) mass is 415 g/mol. The summed E-state index contributed by atoms with van der Waals surface area (Å²) in [5.41, 5.74) is 0.734. The second kappa shape index (κ2) is 9.25. The summed E-state index contributed by atoms with van der Waals surface area (Å²) in [6, 6.07) is 5.37. The molecule has 1 N–H and O–H groups in total. The van der Waals surface area contributed by atoms with Crippen LogP contribution in [0.5, 0.6) is 11.5 Å². The van der Waals surface area contributed by atoms with Gasteiger partial charge in [-0.25, -0.2) is 0 Å². The molecule has 4 rings (SSSR count). The third-order valence-electron chi connectivity index (χ3n) is 6.81. The van der Waals surface area contributed by atoms with Gasteiger partial charge in [0.05, 0.1) is 6.04 Å². The second-order valence-electron chi connectivity index (χ2n) is 8.72. The molecule has 1 saturated heterocycles. The van der Waals surface area contributed by atoms with E-state index in [0.29, 0.717) is 30.5 Å². The minimum Gasteiger partial charge on any atom is -0.454 e. The molecule has 2 heterocycles. The molecule has 0 aromatic heterocycles. The zero-order valence-corrected chi connectivity index (χ0v) is 18.1. The highest BCUT2D eigenvalue weighted by Crippen LogP contribution is 2.35. The summed E-state index contributed by atoms with van der Waals surface area (Å²) in [5, 5.41) is 3.11. The Labute approximate surface area is 178 Å². The Morgan fingerprint density at radius 3 is 2.50 bits per heavy atom. The van der Waals surface area contributed by atoms with Gasteiger partial charge in [-0.05, 0) is 37.3 Å². The molecule has 2 aliphatic heterocycles. The summed E-state index contributed by atoms with van der Waals surface area (Å²) >= 11 is 0. The molecule has 1 aromatic carbocycles. The quantitative estimate of drug-likeness (QED) is 0.773. The summed E-state index contributed by atoms with van der Waals surface area (Å²) in [6.07, 6.45) is 5.41. The van der Waals surface area contributed by atoms with Gasteiger partial charge in [-0.15, -0.1) is 0 Å². The standard InChI is InChI=1S/C23H33N3O4/c1-3-16(2)23(28)26-12-10-25(11-13-26)21(17-6-4-5-7-17)22(27)24-18-8-9-19-20(14-18)30-15-29-19/h8-9,14,16-17,21H,3-7,10-13,15H2,1-2H3,(H,24,27). The third-order valence-corrected chi connectivity index (χ3v) is 6.81. The summed E-state index contributed by atoms with van der Waals surface area (Å²) < 4.78 is 10.8. The van der Waals surface area contributed by atoms with Gasteiger partial charge in [-0.2, -0.15) is 0 Å². The van der Waals surface area contributed by atoms with E-state index in [4.69, 9.17) is 9.47 Å². The Kier molecular flexibility index (Phi) is 6.46. The smallest absolute Gasteiger partial charge is 0.242 e. The molecule has 2 fully saturated rings. The highest BCUT2D eigenvalue weighted by atomic mass is 16.7. The summed E-state index contributed by atoms with van der Waals surface area (Å²) in [4.78, 5) is 30.2. The SMILES string of the molecule is CCC(C)C(=O)N1CCN(C(C(=O)Nc2ccc3c(c2)OCO3)C2CCCC2)CC1. The lowest BCUT2D eigenvalue weighted by Crippen LogP contribution is -2.57. The van der Waals surface area contributed by atoms with Gasteiger partial charge in [0.25, 0.3) is 0 Å². The van der Waals surface area contributed by atoms with Crippen LogP contribution in [0.1, 0.15) is 46.0 Å². The lowest BCUT2D eigenvalue weighted by Gasteiger charge is -2.41. The van der Waals surface area contributed by atoms with Crippen molar-refractivity contribution in [2.45, 2.75) is 52.0 Å². The van der Waals surface area contributed by atoms with E-state index >= 15 is 0 Å². The molecular formula is C23H33N3O4. The second-order valence-corrected chi connectivity index (χ2v) is 8.72. The van der Waals surface area contributed by atoms with Gasteiger partial charge in [0.1, 0.15) is 0 Å². The fourth-order valence-electron chi connectivity index (χ4n) is 4.85. The first-order valence-corrected chi connectivity index (χ1v) is 11.3. The number of piperazine rings is 1. The highest BCUT2D eigenvalue weighted by molar-refractivity contribution is 5.95. The molecule has 7 nitrogen and oxygen atoms in total. The number of carbonyl (C=O) groups is 2. The van der Waals surface area contributed by atoms with Crippen LogP contribution in [0.2, 0.25) is 0 Å². The number of carbonyl (C=O) groups excluding carboxylic acids is 2. The molecule has 1 saturated carbocycles. The molecule has 2 amide bonds. The minimum atomic E-state index is -0.154. The molecule has 2 atom stereocenters. The van der Waals surface area contributed by atoms with Crippen molar-refractivity contribution >= 4 is 17.5 Å². The molecule has 3 aliphatic rings. The molecule has 1 aromatic rings. The van der Waals surface area contributed by atoms with Crippen molar-refractivity contribution in [1.29, 1.82) is 0 Å². The molecule has 30 heavy (non-hydrogen) atoms. The lowest BCUT2D eigenvalue weighted by molar-refractivity contribution is -0.138. The van der Waals surface area contributed by atoms with Crippen LogP contribution in [-0.2, 0) is 9.59 Å². The van der Waals surface area contributed by atoms with Gasteiger partial charge < -0.3 is 19.7 Å². The average Bonchev–Trinajstić information content (AvgIpc) is 3.45. The number of fused-ring (bicyclic) bond motifs is 1. The Balaban J connectivity index is 1.43. The van der Waals surface area contributed by atoms with E-state index in [2.05, 4.69) is 17.1 Å². The molecule has 0 radical (unpaired) electrons. The zero-order chi connectivity index (χ0) is 21.1. The van der Waals surface area contributed by atoms with Crippen LogP contribution in [-0.4, -0.2) is 60.6 Å². The molecule has 2 unspecified atom stereocenters. The van der Waals surface area contributed by atoms with Crippen LogP contribution in [0.3, 0.4) is 0 Å². The van der Waals surface area contributed by atoms with E-state index in [-0.39, 0.29) is 30.6 Å². The minimum absolute atomic E-state index is 0.0440. The largest absolute Gasteiger partial charge is 0.454 e. The van der Waals surface area contributed by atoms with Crippen LogP contribution < -0.4 is 14.8 Å². The lowest BCUT2D eigenvalue weighted by atomic mass is 9.94. The van der Waals surface area contributed by atoms with E-state index in [0.717, 1.165) is 38.0 Å². The number of hydrogen-bond donors (Lipinski definition) is 1. The topological polar surface area (TPSA) is 71.1 Å². The van der Waals surface area contributed by atoms with E-state index < -0.39 is 0 Å². The van der Waals surface area contributed by atoms with Crippen molar-refractivity contribution in [2.75, 3.05) is 38.3 Å². The Bertz CT molecular complexity index is 770. The van der Waals surface area contributed by atoms with Gasteiger partial charge in [0, 0.05) is 43.9 Å². The molecular weight excluding hydrogens is 382 g/mol. The number of anilines is 1. The highest BCUT2D eigenvalue weighted by Gasteiger charge is 2.37. The van der Waals surface area contributed by atoms with Gasteiger partial charge in [0.2, 0.25) is 18.6 Å². The Morgan fingerprint density at radius 2 is 1.80 bits per heavy atom. The maximum atomic E-state index is 13.4. The Morgan fingerprint density at radius 1 is 1.10 bits per heavy atom. The molecule has 0 bridgehead atoms.